The Morgan fingerprint density at radius 3 is 1.88 bits per heavy atom. The van der Waals surface area contributed by atoms with Gasteiger partial charge in [0.05, 0.1) is 0 Å². The summed E-state index contributed by atoms with van der Waals surface area (Å²) in [5.74, 6) is 1.06. The van der Waals surface area contributed by atoms with Crippen molar-refractivity contribution in [2.24, 2.45) is 11.8 Å². The zero-order chi connectivity index (χ0) is 6.36. The summed E-state index contributed by atoms with van der Waals surface area (Å²) in [5.41, 5.74) is 0. The molecule has 2 atom stereocenters. The van der Waals surface area contributed by atoms with Crippen molar-refractivity contribution >= 4 is 23.2 Å². The molecule has 0 unspecified atom stereocenters. The van der Waals surface area contributed by atoms with E-state index in [-0.39, 0.29) is 4.33 Å². The lowest BCUT2D eigenvalue weighted by molar-refractivity contribution is 0.722. The highest BCUT2D eigenvalue weighted by Gasteiger charge is 2.58. The van der Waals surface area contributed by atoms with Crippen molar-refractivity contribution in [2.75, 3.05) is 0 Å². The third-order valence-electron chi connectivity index (χ3n) is 2.04. The van der Waals surface area contributed by atoms with Crippen molar-refractivity contribution in [2.45, 2.75) is 24.6 Å². The van der Waals surface area contributed by atoms with Gasteiger partial charge in [0.2, 0.25) is 0 Å². The van der Waals surface area contributed by atoms with Crippen molar-refractivity contribution in [3.8, 4) is 0 Å². The maximum absolute atomic E-state index is 5.82. The molecule has 48 valence electrons. The predicted octanol–water partition coefficient (Wildman–Crippen LogP) is 2.84. The van der Waals surface area contributed by atoms with Gasteiger partial charge in [-0.2, -0.15) is 0 Å². The van der Waals surface area contributed by atoms with Crippen molar-refractivity contribution in [1.29, 1.82) is 0 Å². The number of alkyl halides is 2. The fraction of sp³-hybridized carbons (Fsp3) is 1.00. The first-order valence-corrected chi connectivity index (χ1v) is 3.74. The normalized spacial score (nSPS) is 42.0. The van der Waals surface area contributed by atoms with Gasteiger partial charge in [0, 0.05) is 0 Å². The average Bonchev–Trinajstić information content (AvgIpc) is 2.09. The van der Waals surface area contributed by atoms with Crippen molar-refractivity contribution in [3.63, 3.8) is 0 Å². The molecule has 0 aliphatic heterocycles. The van der Waals surface area contributed by atoms with Gasteiger partial charge in [-0.15, -0.1) is 23.2 Å². The predicted molar refractivity (Wildman–Crippen MR) is 37.4 cm³/mol. The zero-order valence-corrected chi connectivity index (χ0v) is 6.63. The number of rotatable bonds is 1. The summed E-state index contributed by atoms with van der Waals surface area (Å²) in [7, 11) is 0. The summed E-state index contributed by atoms with van der Waals surface area (Å²) in [5, 5.41) is 0. The van der Waals surface area contributed by atoms with E-state index in [1.165, 1.54) is 0 Å². The van der Waals surface area contributed by atoms with Crippen LogP contribution in [0, 0.1) is 11.8 Å². The van der Waals surface area contributed by atoms with Crippen LogP contribution in [0.4, 0.5) is 0 Å². The van der Waals surface area contributed by atoms with Crippen LogP contribution in [0.25, 0.3) is 0 Å². The molecule has 0 nitrogen and oxygen atoms in total. The largest absolute Gasteiger partial charge is 0.124 e. The van der Waals surface area contributed by atoms with Crippen LogP contribution in [0.15, 0.2) is 0 Å². The summed E-state index contributed by atoms with van der Waals surface area (Å²) in [4.78, 5) is 0. The first kappa shape index (κ1) is 6.70. The van der Waals surface area contributed by atoms with E-state index in [9.17, 15) is 0 Å². The monoisotopic (exact) mass is 152 g/mol. The number of halogens is 2. The first-order valence-electron chi connectivity index (χ1n) is 2.98. The summed E-state index contributed by atoms with van der Waals surface area (Å²) in [6, 6.07) is 0. The van der Waals surface area contributed by atoms with E-state index in [0.29, 0.717) is 11.8 Å². The van der Waals surface area contributed by atoms with Gasteiger partial charge in [-0.1, -0.05) is 20.3 Å². The molecular formula is C6H10Cl2. The third kappa shape index (κ3) is 0.745. The molecule has 0 aromatic rings. The molecule has 1 aliphatic rings. The highest BCUT2D eigenvalue weighted by molar-refractivity contribution is 6.51. The second-order valence-electron chi connectivity index (χ2n) is 2.48. The maximum atomic E-state index is 5.82. The number of hydrogen-bond acceptors (Lipinski definition) is 0. The van der Waals surface area contributed by atoms with Gasteiger partial charge < -0.3 is 0 Å². The molecule has 1 fully saturated rings. The van der Waals surface area contributed by atoms with E-state index in [4.69, 9.17) is 23.2 Å². The second-order valence-corrected chi connectivity index (χ2v) is 3.92. The first-order chi connectivity index (χ1) is 3.60. The van der Waals surface area contributed by atoms with E-state index < -0.39 is 0 Å². The van der Waals surface area contributed by atoms with Crippen LogP contribution in [-0.4, -0.2) is 4.33 Å². The molecule has 2 heteroatoms. The quantitative estimate of drug-likeness (QED) is 0.508. The van der Waals surface area contributed by atoms with Gasteiger partial charge in [-0.25, -0.2) is 0 Å². The molecule has 0 aromatic carbocycles. The Kier molecular flexibility index (Phi) is 1.49. The van der Waals surface area contributed by atoms with E-state index >= 15 is 0 Å². The minimum Gasteiger partial charge on any atom is -0.101 e. The van der Waals surface area contributed by atoms with E-state index in [2.05, 4.69) is 13.8 Å². The lowest BCUT2D eigenvalue weighted by Crippen LogP contribution is -1.87. The van der Waals surface area contributed by atoms with Gasteiger partial charge >= 0.3 is 0 Å². The smallest absolute Gasteiger partial charge is 0.101 e. The Morgan fingerprint density at radius 2 is 1.88 bits per heavy atom. The minimum atomic E-state index is -0.380. The molecular weight excluding hydrogens is 143 g/mol. The molecule has 0 saturated heterocycles. The lowest BCUT2D eigenvalue weighted by Gasteiger charge is -1.90. The van der Waals surface area contributed by atoms with Crippen molar-refractivity contribution < 1.29 is 0 Å². The minimum absolute atomic E-state index is 0.380. The zero-order valence-electron chi connectivity index (χ0n) is 5.12. The Hall–Kier alpha value is 0.580. The molecule has 0 heterocycles. The molecule has 0 spiro atoms. The summed E-state index contributed by atoms with van der Waals surface area (Å²) >= 11 is 11.6. The van der Waals surface area contributed by atoms with Crippen LogP contribution in [-0.2, 0) is 0 Å². The Labute approximate surface area is 60.2 Å². The van der Waals surface area contributed by atoms with Crippen LogP contribution >= 0.6 is 23.2 Å². The SMILES string of the molecule is CC[C@H]1[C@H](C)C1(Cl)Cl. The molecule has 0 radical (unpaired) electrons. The van der Waals surface area contributed by atoms with Crippen LogP contribution in [0.2, 0.25) is 0 Å². The molecule has 1 aliphatic carbocycles. The highest BCUT2D eigenvalue weighted by atomic mass is 35.5. The summed E-state index contributed by atoms with van der Waals surface area (Å²) in [6.45, 7) is 4.21. The van der Waals surface area contributed by atoms with Gasteiger partial charge in [-0.05, 0) is 11.8 Å². The molecule has 0 amide bonds. The van der Waals surface area contributed by atoms with Crippen LogP contribution in [0.3, 0.4) is 0 Å². The van der Waals surface area contributed by atoms with Gasteiger partial charge in [-0.3, -0.25) is 0 Å². The standard InChI is InChI=1S/C6H10Cl2/c1-3-5-4(2)6(5,7)8/h4-5H,3H2,1-2H3/t4-,5-/m0/s1. The molecule has 1 saturated carbocycles. The Bertz CT molecular complexity index is 98.7. The Balaban J connectivity index is 2.45. The van der Waals surface area contributed by atoms with E-state index in [1.807, 2.05) is 0 Å². The second kappa shape index (κ2) is 1.78. The topological polar surface area (TPSA) is 0 Å². The fourth-order valence-corrected chi connectivity index (χ4v) is 2.05. The van der Waals surface area contributed by atoms with Crippen LogP contribution < -0.4 is 0 Å². The molecule has 1 rings (SSSR count). The van der Waals surface area contributed by atoms with Gasteiger partial charge in [0.1, 0.15) is 4.33 Å². The average molecular weight is 153 g/mol. The summed E-state index contributed by atoms with van der Waals surface area (Å²) < 4.78 is -0.380. The third-order valence-corrected chi connectivity index (χ3v) is 3.28. The molecule has 0 aromatic heterocycles. The maximum Gasteiger partial charge on any atom is 0.124 e. The van der Waals surface area contributed by atoms with Crippen molar-refractivity contribution in [1.82, 2.24) is 0 Å². The highest BCUT2D eigenvalue weighted by Crippen LogP contribution is 2.60. The van der Waals surface area contributed by atoms with E-state index in [0.717, 1.165) is 6.42 Å². The van der Waals surface area contributed by atoms with Crippen LogP contribution in [0.1, 0.15) is 20.3 Å². The Morgan fingerprint density at radius 1 is 1.50 bits per heavy atom. The molecule has 0 N–H and O–H groups in total. The molecule has 0 bridgehead atoms. The van der Waals surface area contributed by atoms with Gasteiger partial charge in [0.15, 0.2) is 0 Å². The van der Waals surface area contributed by atoms with Crippen LogP contribution in [0.5, 0.6) is 0 Å². The molecule has 8 heavy (non-hydrogen) atoms. The summed E-state index contributed by atoms with van der Waals surface area (Å²) in [6.07, 6.45) is 1.11. The van der Waals surface area contributed by atoms with E-state index in [1.54, 1.807) is 0 Å². The van der Waals surface area contributed by atoms with Crippen molar-refractivity contribution in [3.05, 3.63) is 0 Å². The lowest BCUT2D eigenvalue weighted by atomic mass is 10.3. The van der Waals surface area contributed by atoms with Gasteiger partial charge in [0.25, 0.3) is 0 Å². The fourth-order valence-electron chi connectivity index (χ4n) is 1.19. The number of hydrogen-bond donors (Lipinski definition) is 0.